The van der Waals surface area contributed by atoms with Gasteiger partial charge < -0.3 is 10.6 Å². The summed E-state index contributed by atoms with van der Waals surface area (Å²) in [5.74, 6) is -0.590. The summed E-state index contributed by atoms with van der Waals surface area (Å²) in [4.78, 5) is 19.2. The molecule has 2 N–H and O–H groups in total. The first-order valence-electron chi connectivity index (χ1n) is 5.86. The van der Waals surface area contributed by atoms with Crippen molar-refractivity contribution in [2.24, 2.45) is 5.92 Å². The Morgan fingerprint density at radius 1 is 1.56 bits per heavy atom. The second-order valence-electron chi connectivity index (χ2n) is 4.76. The molecule has 18 heavy (non-hydrogen) atoms. The average molecular weight is 271 g/mol. The Morgan fingerprint density at radius 3 is 3.00 bits per heavy atom. The fourth-order valence-corrected chi connectivity index (χ4v) is 2.83. The van der Waals surface area contributed by atoms with E-state index < -0.39 is 11.7 Å². The van der Waals surface area contributed by atoms with E-state index in [0.29, 0.717) is 12.0 Å². The third kappa shape index (κ3) is 2.06. The fourth-order valence-electron chi connectivity index (χ4n) is 2.70. The van der Waals surface area contributed by atoms with E-state index in [1.165, 1.54) is 0 Å². The molecular formula is C11H12ClFN4O. The van der Waals surface area contributed by atoms with E-state index in [9.17, 15) is 9.18 Å². The molecule has 3 rings (SSSR count). The second kappa shape index (κ2) is 4.44. The highest BCUT2D eigenvalue weighted by molar-refractivity contribution is 6.29. The molecule has 3 unspecified atom stereocenters. The number of carbonyl (C=O) groups is 1. The van der Waals surface area contributed by atoms with Gasteiger partial charge in [-0.25, -0.2) is 14.4 Å². The van der Waals surface area contributed by atoms with E-state index >= 15 is 0 Å². The highest BCUT2D eigenvalue weighted by Gasteiger charge is 2.40. The Labute approximate surface area is 108 Å². The SMILES string of the molecule is O=C(NC1CC2CNC1C2)c1ncc(F)c(Cl)n1. The molecule has 2 fully saturated rings. The Hall–Kier alpha value is -1.27. The Kier molecular flexibility index (Phi) is 2.91. The second-order valence-corrected chi connectivity index (χ2v) is 5.12. The van der Waals surface area contributed by atoms with Crippen molar-refractivity contribution in [2.75, 3.05) is 6.54 Å². The monoisotopic (exact) mass is 270 g/mol. The highest BCUT2D eigenvalue weighted by atomic mass is 35.5. The van der Waals surface area contributed by atoms with Crippen LogP contribution in [0.4, 0.5) is 4.39 Å². The van der Waals surface area contributed by atoms with E-state index in [1.807, 2.05) is 0 Å². The predicted octanol–water partition coefficient (Wildman–Crippen LogP) is 0.749. The number of piperidine rings is 1. The van der Waals surface area contributed by atoms with Gasteiger partial charge in [0.25, 0.3) is 5.91 Å². The van der Waals surface area contributed by atoms with Crippen LogP contribution >= 0.6 is 11.6 Å². The summed E-state index contributed by atoms with van der Waals surface area (Å²) in [7, 11) is 0. The molecule has 3 atom stereocenters. The lowest BCUT2D eigenvalue weighted by Gasteiger charge is -2.23. The summed E-state index contributed by atoms with van der Waals surface area (Å²) < 4.78 is 12.9. The number of aromatic nitrogens is 2. The average Bonchev–Trinajstić information content (AvgIpc) is 2.94. The molecule has 7 heteroatoms. The summed E-state index contributed by atoms with van der Waals surface area (Å²) in [6.45, 7) is 1.02. The first kappa shape index (κ1) is 11.8. The van der Waals surface area contributed by atoms with Gasteiger partial charge in [-0.15, -0.1) is 0 Å². The van der Waals surface area contributed by atoms with Crippen molar-refractivity contribution in [3.8, 4) is 0 Å². The number of carbonyl (C=O) groups excluding carboxylic acids is 1. The quantitative estimate of drug-likeness (QED) is 0.779. The van der Waals surface area contributed by atoms with Gasteiger partial charge in [0.15, 0.2) is 11.0 Å². The lowest BCUT2D eigenvalue weighted by molar-refractivity contribution is 0.0917. The zero-order valence-electron chi connectivity index (χ0n) is 9.49. The number of hydrogen-bond acceptors (Lipinski definition) is 4. The molecular weight excluding hydrogens is 259 g/mol. The van der Waals surface area contributed by atoms with E-state index in [2.05, 4.69) is 20.6 Å². The van der Waals surface area contributed by atoms with Crippen molar-refractivity contribution in [3.63, 3.8) is 0 Å². The first-order valence-corrected chi connectivity index (χ1v) is 6.23. The zero-order chi connectivity index (χ0) is 12.7. The molecule has 0 radical (unpaired) electrons. The van der Waals surface area contributed by atoms with Gasteiger partial charge in [-0.1, -0.05) is 11.6 Å². The number of nitrogens with zero attached hydrogens (tertiary/aromatic N) is 2. The van der Waals surface area contributed by atoms with Crippen molar-refractivity contribution in [1.29, 1.82) is 0 Å². The van der Waals surface area contributed by atoms with Crippen LogP contribution in [0.5, 0.6) is 0 Å². The summed E-state index contributed by atoms with van der Waals surface area (Å²) >= 11 is 5.52. The molecule has 0 spiro atoms. The smallest absolute Gasteiger partial charge is 0.289 e. The maximum atomic E-state index is 12.9. The lowest BCUT2D eigenvalue weighted by atomic mass is 10.1. The Balaban J connectivity index is 1.69. The van der Waals surface area contributed by atoms with Gasteiger partial charge in [0.1, 0.15) is 0 Å². The van der Waals surface area contributed by atoms with E-state index in [-0.39, 0.29) is 17.0 Å². The molecule has 2 heterocycles. The molecule has 5 nitrogen and oxygen atoms in total. The molecule has 1 aromatic heterocycles. The third-order valence-corrected chi connectivity index (χ3v) is 3.81. The van der Waals surface area contributed by atoms with Crippen LogP contribution in [0.1, 0.15) is 23.5 Å². The van der Waals surface area contributed by atoms with Gasteiger partial charge in [-0.2, -0.15) is 0 Å². The van der Waals surface area contributed by atoms with Crippen LogP contribution in [0.25, 0.3) is 0 Å². The molecule has 1 aromatic rings. The molecule has 1 amide bonds. The number of amides is 1. The predicted molar refractivity (Wildman–Crippen MR) is 62.8 cm³/mol. The first-order chi connectivity index (χ1) is 8.63. The molecule has 2 bridgehead atoms. The van der Waals surface area contributed by atoms with E-state index in [1.54, 1.807) is 0 Å². The minimum Gasteiger partial charge on any atom is -0.345 e. The standard InChI is InChI=1S/C11H12ClFN4O/c12-9-6(13)4-15-10(17-9)11(18)16-8-2-5-1-7(8)14-3-5/h4-5,7-8,14H,1-3H2,(H,16,18). The number of nitrogens with one attached hydrogen (secondary N) is 2. The van der Waals surface area contributed by atoms with Gasteiger partial charge in [-0.05, 0) is 25.3 Å². The summed E-state index contributed by atoms with van der Waals surface area (Å²) in [5, 5.41) is 5.88. The largest absolute Gasteiger partial charge is 0.345 e. The van der Waals surface area contributed by atoms with Gasteiger partial charge in [-0.3, -0.25) is 4.79 Å². The third-order valence-electron chi connectivity index (χ3n) is 3.55. The Morgan fingerprint density at radius 2 is 2.39 bits per heavy atom. The highest BCUT2D eigenvalue weighted by Crippen LogP contribution is 2.31. The number of halogens is 2. The van der Waals surface area contributed by atoms with Crippen molar-refractivity contribution >= 4 is 17.5 Å². The summed E-state index contributed by atoms with van der Waals surface area (Å²) in [5.41, 5.74) is 0. The molecule has 0 aromatic carbocycles. The van der Waals surface area contributed by atoms with Crippen molar-refractivity contribution in [2.45, 2.75) is 24.9 Å². The van der Waals surface area contributed by atoms with Crippen LogP contribution in [0, 0.1) is 11.7 Å². The molecule has 1 aliphatic carbocycles. The number of fused-ring (bicyclic) bond motifs is 2. The summed E-state index contributed by atoms with van der Waals surface area (Å²) in [6.07, 6.45) is 2.97. The molecule has 2 aliphatic rings. The fraction of sp³-hybridized carbons (Fsp3) is 0.545. The van der Waals surface area contributed by atoms with E-state index in [0.717, 1.165) is 25.6 Å². The normalized spacial score (nSPS) is 29.6. The van der Waals surface area contributed by atoms with Crippen molar-refractivity contribution in [3.05, 3.63) is 23.0 Å². The van der Waals surface area contributed by atoms with Crippen molar-refractivity contribution in [1.82, 2.24) is 20.6 Å². The van der Waals surface area contributed by atoms with Crippen LogP contribution in [0.15, 0.2) is 6.20 Å². The minimum atomic E-state index is -0.727. The van der Waals surface area contributed by atoms with Gasteiger partial charge >= 0.3 is 0 Å². The molecule has 1 saturated heterocycles. The van der Waals surface area contributed by atoms with Crippen LogP contribution in [-0.4, -0.2) is 34.5 Å². The zero-order valence-corrected chi connectivity index (χ0v) is 10.2. The maximum Gasteiger partial charge on any atom is 0.289 e. The van der Waals surface area contributed by atoms with Gasteiger partial charge in [0.2, 0.25) is 5.82 Å². The van der Waals surface area contributed by atoms with E-state index in [4.69, 9.17) is 11.6 Å². The number of hydrogen-bond donors (Lipinski definition) is 2. The van der Waals surface area contributed by atoms with Gasteiger partial charge in [0, 0.05) is 12.1 Å². The Bertz CT molecular complexity index is 498. The van der Waals surface area contributed by atoms with Crippen LogP contribution in [0.3, 0.4) is 0 Å². The maximum absolute atomic E-state index is 12.9. The van der Waals surface area contributed by atoms with Gasteiger partial charge in [0.05, 0.1) is 6.20 Å². The van der Waals surface area contributed by atoms with Crippen molar-refractivity contribution < 1.29 is 9.18 Å². The molecule has 1 aliphatic heterocycles. The molecule has 96 valence electrons. The summed E-state index contributed by atoms with van der Waals surface area (Å²) in [6, 6.07) is 0.429. The topological polar surface area (TPSA) is 66.9 Å². The number of rotatable bonds is 2. The molecule has 1 saturated carbocycles. The lowest BCUT2D eigenvalue weighted by Crippen LogP contribution is -2.48. The van der Waals surface area contributed by atoms with Crippen LogP contribution < -0.4 is 10.6 Å². The van der Waals surface area contributed by atoms with Crippen LogP contribution in [0.2, 0.25) is 5.15 Å². The van der Waals surface area contributed by atoms with Crippen LogP contribution in [-0.2, 0) is 0 Å². The minimum absolute atomic E-state index is 0.0934.